The Kier molecular flexibility index (Phi) is 5.69. The van der Waals surface area contributed by atoms with Crippen molar-refractivity contribution in [2.24, 2.45) is 0 Å². The molecule has 1 aliphatic carbocycles. The van der Waals surface area contributed by atoms with Crippen LogP contribution in [0.3, 0.4) is 0 Å². The van der Waals surface area contributed by atoms with Crippen molar-refractivity contribution >= 4 is 17.1 Å². The summed E-state index contributed by atoms with van der Waals surface area (Å²) in [4.78, 5) is 13.6. The zero-order valence-corrected chi connectivity index (χ0v) is 21.0. The molecular formula is C34H27NO2. The molecule has 0 atom stereocenters. The molecule has 3 heteroatoms. The van der Waals surface area contributed by atoms with Gasteiger partial charge in [0, 0.05) is 17.6 Å². The van der Waals surface area contributed by atoms with Crippen LogP contribution < -0.4 is 5.11 Å². The average molecular weight is 482 g/mol. The van der Waals surface area contributed by atoms with E-state index in [0.29, 0.717) is 17.8 Å². The third-order valence-electron chi connectivity index (χ3n) is 7.32. The summed E-state index contributed by atoms with van der Waals surface area (Å²) in [6.07, 6.45) is 0.789. The summed E-state index contributed by atoms with van der Waals surface area (Å²) in [6.45, 7) is 3.77. The van der Waals surface area contributed by atoms with Gasteiger partial charge in [-0.15, -0.1) is 0 Å². The number of nitrogens with zero attached hydrogens (tertiary/aromatic N) is 1. The molecule has 4 aromatic rings. The van der Waals surface area contributed by atoms with Gasteiger partial charge in [0.2, 0.25) is 11.4 Å². The van der Waals surface area contributed by atoms with Crippen molar-refractivity contribution < 1.29 is 14.5 Å². The Bertz CT molecular complexity index is 1600. The number of Topliss-reactive ketones (excluding diaryl/α,β-unsaturated/α-hetero) is 1. The van der Waals surface area contributed by atoms with Crippen molar-refractivity contribution in [2.75, 3.05) is 6.54 Å². The molecule has 3 nitrogen and oxygen atoms in total. The van der Waals surface area contributed by atoms with Gasteiger partial charge in [-0.05, 0) is 59.9 Å². The molecule has 0 saturated carbocycles. The number of allylic oxidation sites excluding steroid dienone is 2. The van der Waals surface area contributed by atoms with Gasteiger partial charge in [-0.3, -0.25) is 4.79 Å². The largest absolute Gasteiger partial charge is 0.871 e. The van der Waals surface area contributed by atoms with Crippen LogP contribution in [0.4, 0.5) is 0 Å². The number of hydrogen-bond acceptors (Lipinski definition) is 2. The fourth-order valence-corrected chi connectivity index (χ4v) is 5.84. The van der Waals surface area contributed by atoms with Crippen molar-refractivity contribution in [2.45, 2.75) is 20.3 Å². The quantitative estimate of drug-likeness (QED) is 0.186. The molecule has 4 aromatic carbocycles. The molecule has 0 spiro atoms. The van der Waals surface area contributed by atoms with Crippen molar-refractivity contribution in [3.05, 3.63) is 148 Å². The van der Waals surface area contributed by atoms with Gasteiger partial charge in [-0.2, -0.15) is 4.58 Å². The van der Waals surface area contributed by atoms with Crippen LogP contribution in [0.25, 0.3) is 16.7 Å². The Morgan fingerprint density at radius 2 is 1.19 bits per heavy atom. The SMILES string of the molecule is CC(=O)C(=C1c2ccccc2-c2ccccc21)C(=C(C)[O-])[N+]1=C(c2ccccc2)c2ccccc2CC1. The zero-order valence-electron chi connectivity index (χ0n) is 21.0. The van der Waals surface area contributed by atoms with Gasteiger partial charge in [0.1, 0.15) is 0 Å². The lowest BCUT2D eigenvalue weighted by Crippen LogP contribution is -2.34. The highest BCUT2D eigenvalue weighted by atomic mass is 16.3. The monoisotopic (exact) mass is 481 g/mol. The van der Waals surface area contributed by atoms with Crippen LogP contribution in [0.1, 0.15) is 41.7 Å². The first-order valence-electron chi connectivity index (χ1n) is 12.7. The van der Waals surface area contributed by atoms with Crippen LogP contribution in [0.15, 0.2) is 120 Å². The molecule has 0 aromatic heterocycles. The van der Waals surface area contributed by atoms with Crippen molar-refractivity contribution in [3.8, 4) is 11.1 Å². The predicted octanol–water partition coefficient (Wildman–Crippen LogP) is 5.76. The molecule has 180 valence electrons. The first kappa shape index (κ1) is 22.9. The number of benzene rings is 4. The topological polar surface area (TPSA) is 43.1 Å². The summed E-state index contributed by atoms with van der Waals surface area (Å²) < 4.78 is 2.09. The van der Waals surface area contributed by atoms with E-state index in [1.165, 1.54) is 5.56 Å². The second-order valence-electron chi connectivity index (χ2n) is 9.58. The minimum absolute atomic E-state index is 0.113. The minimum Gasteiger partial charge on any atom is -0.871 e. The molecule has 0 fully saturated rings. The number of rotatable bonds is 4. The van der Waals surface area contributed by atoms with Gasteiger partial charge in [0.05, 0.1) is 11.1 Å². The van der Waals surface area contributed by atoms with Gasteiger partial charge in [-0.1, -0.05) is 90.7 Å². The highest BCUT2D eigenvalue weighted by Crippen LogP contribution is 2.47. The lowest BCUT2D eigenvalue weighted by Gasteiger charge is -2.24. The van der Waals surface area contributed by atoms with E-state index in [1.54, 1.807) is 13.8 Å². The normalized spacial score (nSPS) is 14.5. The first-order valence-corrected chi connectivity index (χ1v) is 12.7. The van der Waals surface area contributed by atoms with Crippen LogP contribution in [-0.2, 0) is 11.2 Å². The second kappa shape index (κ2) is 9.18. The maximum absolute atomic E-state index is 13.6. The van der Waals surface area contributed by atoms with E-state index < -0.39 is 0 Å². The molecule has 2 aliphatic rings. The second-order valence-corrected chi connectivity index (χ2v) is 9.58. The Hall–Kier alpha value is -4.50. The predicted molar refractivity (Wildman–Crippen MR) is 146 cm³/mol. The molecular weight excluding hydrogens is 454 g/mol. The van der Waals surface area contributed by atoms with Gasteiger partial charge < -0.3 is 5.11 Å². The van der Waals surface area contributed by atoms with Crippen molar-refractivity contribution in [1.29, 1.82) is 0 Å². The molecule has 0 saturated heterocycles. The van der Waals surface area contributed by atoms with Gasteiger partial charge >= 0.3 is 0 Å². The van der Waals surface area contributed by atoms with Crippen LogP contribution in [0.5, 0.6) is 0 Å². The summed E-state index contributed by atoms with van der Waals surface area (Å²) in [5, 5.41) is 13.6. The van der Waals surface area contributed by atoms with Crippen molar-refractivity contribution in [1.82, 2.24) is 0 Å². The summed E-state index contributed by atoms with van der Waals surface area (Å²) in [6, 6.07) is 34.8. The summed E-state index contributed by atoms with van der Waals surface area (Å²) >= 11 is 0. The number of carbonyl (C=O) groups is 1. The highest BCUT2D eigenvalue weighted by Gasteiger charge is 2.36. The molecule has 6 rings (SSSR count). The van der Waals surface area contributed by atoms with E-state index in [9.17, 15) is 9.90 Å². The van der Waals surface area contributed by atoms with Gasteiger partial charge in [0.25, 0.3) is 0 Å². The molecule has 1 aliphatic heterocycles. The van der Waals surface area contributed by atoms with E-state index in [-0.39, 0.29) is 11.5 Å². The van der Waals surface area contributed by atoms with E-state index >= 15 is 0 Å². The lowest BCUT2D eigenvalue weighted by atomic mass is 9.89. The molecule has 37 heavy (non-hydrogen) atoms. The molecule has 0 amide bonds. The Morgan fingerprint density at radius 1 is 0.676 bits per heavy atom. The number of carbonyl (C=O) groups excluding carboxylic acids is 1. The van der Waals surface area contributed by atoms with Crippen molar-refractivity contribution in [3.63, 3.8) is 0 Å². The minimum atomic E-state index is -0.118. The number of ketones is 1. The number of hydrogen-bond donors (Lipinski definition) is 0. The maximum Gasteiger partial charge on any atom is 0.220 e. The average Bonchev–Trinajstić information content (AvgIpc) is 3.25. The van der Waals surface area contributed by atoms with Gasteiger partial charge in [-0.25, -0.2) is 0 Å². The van der Waals surface area contributed by atoms with E-state index in [0.717, 1.165) is 51.1 Å². The molecule has 0 N–H and O–H groups in total. The third kappa shape index (κ3) is 3.75. The highest BCUT2D eigenvalue weighted by molar-refractivity contribution is 6.15. The standard InChI is InChI=1S/C34H27NO2/c1-22(36)31(32-29-18-10-8-16-27(29)28-17-9-11-19-30(28)32)33(23(2)37)35-21-20-24-12-6-7-15-26(24)34(35)25-13-4-3-5-14-25/h3-19H,20-21H2,1-2H3. The van der Waals surface area contributed by atoms with E-state index in [1.807, 2.05) is 48.5 Å². The van der Waals surface area contributed by atoms with Crippen LogP contribution in [0, 0.1) is 0 Å². The van der Waals surface area contributed by atoms with Crippen LogP contribution in [-0.4, -0.2) is 22.6 Å². The molecule has 1 heterocycles. The van der Waals surface area contributed by atoms with E-state index in [2.05, 4.69) is 59.2 Å². The Labute approximate surface area is 217 Å². The Balaban J connectivity index is 1.72. The Morgan fingerprint density at radius 3 is 1.76 bits per heavy atom. The number of fused-ring (bicyclic) bond motifs is 4. The summed E-state index contributed by atoms with van der Waals surface area (Å²) in [5.41, 5.74) is 10.3. The summed E-state index contributed by atoms with van der Waals surface area (Å²) in [7, 11) is 0. The maximum atomic E-state index is 13.6. The molecule has 0 bridgehead atoms. The third-order valence-corrected chi connectivity index (χ3v) is 7.32. The van der Waals surface area contributed by atoms with Gasteiger partial charge in [0.15, 0.2) is 12.3 Å². The summed E-state index contributed by atoms with van der Waals surface area (Å²) in [5.74, 6) is -0.231. The van der Waals surface area contributed by atoms with Crippen LogP contribution >= 0.6 is 0 Å². The molecule has 0 unspecified atom stereocenters. The van der Waals surface area contributed by atoms with E-state index in [4.69, 9.17) is 0 Å². The fraction of sp³-hybridized carbons (Fsp3) is 0.118. The fourth-order valence-electron chi connectivity index (χ4n) is 5.84. The lowest BCUT2D eigenvalue weighted by molar-refractivity contribution is -0.484. The van der Waals surface area contributed by atoms with Crippen LogP contribution in [0.2, 0.25) is 0 Å². The first-order chi connectivity index (χ1) is 18.1. The zero-order chi connectivity index (χ0) is 25.5. The smallest absolute Gasteiger partial charge is 0.220 e. The molecule has 0 radical (unpaired) electrons.